The van der Waals surface area contributed by atoms with Crippen LogP contribution >= 0.6 is 0 Å². The Morgan fingerprint density at radius 1 is 0.262 bits per heavy atom. The highest BCUT2D eigenvalue weighted by atomic mass is 16.5. The maximum absolute atomic E-state index is 5.81. The summed E-state index contributed by atoms with van der Waals surface area (Å²) in [5, 5.41) is 4.26. The van der Waals surface area contributed by atoms with Gasteiger partial charge in [-0.25, -0.2) is 84.8 Å². The van der Waals surface area contributed by atoms with Gasteiger partial charge in [-0.05, 0) is 228 Å². The Labute approximate surface area is 870 Å². The fourth-order valence-corrected chi connectivity index (χ4v) is 25.1. The second-order valence-electron chi connectivity index (χ2n) is 42.4. The molecule has 0 radical (unpaired) electrons. The van der Waals surface area contributed by atoms with Crippen molar-refractivity contribution >= 4 is 41.3 Å². The minimum atomic E-state index is -0.127. The van der Waals surface area contributed by atoms with Crippen LogP contribution < -0.4 is 0 Å². The molecule has 0 saturated heterocycles. The maximum atomic E-state index is 5.81. The van der Waals surface area contributed by atoms with Crippen molar-refractivity contribution in [3.05, 3.63) is 336 Å². The average molecular weight is 1980 g/mol. The molecule has 756 valence electrons. The first-order valence-electron chi connectivity index (χ1n) is 52.3. The molecule has 27 nitrogen and oxygen atoms in total. The van der Waals surface area contributed by atoms with Gasteiger partial charge < -0.3 is 33.2 Å². The third-order valence-corrected chi connectivity index (χ3v) is 32.7. The number of aryl methyl sites for hydroxylation is 3. The van der Waals surface area contributed by atoms with Crippen molar-refractivity contribution in [1.82, 2.24) is 64.6 Å². The number of pyridine rings is 1. The number of nitrogens with zero attached hydrogens (tertiary/aromatic N) is 20. The summed E-state index contributed by atoms with van der Waals surface area (Å²) in [6.45, 7) is 24.4. The van der Waals surface area contributed by atoms with Crippen LogP contribution in [0.4, 0.5) is 0 Å². The number of rotatable bonds is 7. The molecule has 7 spiro atoms. The summed E-state index contributed by atoms with van der Waals surface area (Å²) in [7, 11) is 1.98. The van der Waals surface area contributed by atoms with E-state index in [1.807, 2.05) is 147 Å². The van der Waals surface area contributed by atoms with Gasteiger partial charge in [-0.15, -0.1) is 0 Å². The molecule has 7 aliphatic heterocycles. The number of fused-ring (bicyclic) bond motifs is 7. The van der Waals surface area contributed by atoms with E-state index in [-0.39, 0.29) is 63.2 Å². The molecular weight excluding hydrogens is 1860 g/mol. The van der Waals surface area contributed by atoms with Crippen molar-refractivity contribution in [2.75, 3.05) is 19.8 Å². The lowest BCUT2D eigenvalue weighted by atomic mass is 9.74. The molecule has 14 heterocycles. The predicted molar refractivity (Wildman–Crippen MR) is 582 cm³/mol. The standard InChI is InChI=1S/2C18H19N3O.C18H18N2O.C17H19N3O.3C17H17N3O/c2*1-12-18(21-13(2)22-12)7-6-17-14(8-18)4-3-5-16(17)15-9-19-11-20-10-15;1-13-20-18(12-21-13)8-7-14-5-6-15(10-16(14)11-18)17-4-2-3-9-19-17;1-12-19-17(11-21-12)7-5-13-3-4-14(9-15(13)10-17)16-6-8-18-20(16)2;2*1-11-17(20-12(2)21-11)6-13-4-3-5-15(16(13)7-17)14-8-18-10-19-9-14;1-12-20-17(10-21-12)6-5-16-13(7-17)3-2-4-15(16)14-8-18-11-19-9-14/h2*3-5,9-12H,6-8H2,1-2H3;2-6,9-10H,7-8,11-12H2,1H3;3-4,6,8-9H,5,7,10-11H2,1-2H3;2*3-5,8-11H,6-7H2,1-2H3;2-4,8-9,11H,5-7,10H2,1H3/t12-,18+;12-,18-;;;11-,17-;;17-/m10..1.0/s1. The molecule has 7 aromatic carbocycles. The fraction of sp³-hybridized carbons (Fsp3) is 0.369. The highest BCUT2D eigenvalue weighted by Crippen LogP contribution is 2.50. The van der Waals surface area contributed by atoms with E-state index in [0.29, 0.717) is 0 Å². The molecule has 0 amide bonds. The molecular formula is C122H126N20O7. The molecule has 0 saturated carbocycles. The summed E-state index contributed by atoms with van der Waals surface area (Å²) in [4.78, 5) is 79.4. The summed E-state index contributed by atoms with van der Waals surface area (Å²) in [5.74, 6) is 5.75. The summed E-state index contributed by atoms with van der Waals surface area (Å²) < 4.78 is 42.0. The van der Waals surface area contributed by atoms with Crippen LogP contribution in [0.15, 0.2) is 293 Å². The van der Waals surface area contributed by atoms with Gasteiger partial charge in [0.1, 0.15) is 115 Å². The van der Waals surface area contributed by atoms with Crippen LogP contribution in [0.5, 0.6) is 0 Å². The smallest absolute Gasteiger partial charge is 0.181 e. The molecule has 0 N–H and O–H groups in total. The Bertz CT molecular complexity index is 7290. The Morgan fingerprint density at radius 2 is 0.577 bits per heavy atom. The molecule has 7 aliphatic carbocycles. The lowest BCUT2D eigenvalue weighted by molar-refractivity contribution is 0.141. The van der Waals surface area contributed by atoms with Crippen LogP contribution in [-0.4, -0.2) is 189 Å². The van der Waals surface area contributed by atoms with Gasteiger partial charge in [-0.2, -0.15) is 5.10 Å². The molecule has 28 rings (SSSR count). The van der Waals surface area contributed by atoms with Crippen molar-refractivity contribution < 1.29 is 33.2 Å². The van der Waals surface area contributed by atoms with Crippen LogP contribution in [0.3, 0.4) is 0 Å². The zero-order valence-electron chi connectivity index (χ0n) is 86.9. The van der Waals surface area contributed by atoms with Gasteiger partial charge in [-0.1, -0.05) is 121 Å². The zero-order valence-corrected chi connectivity index (χ0v) is 86.9. The summed E-state index contributed by atoms with van der Waals surface area (Å²) in [5.41, 5.74) is 35.2. The Kier molecular flexibility index (Phi) is 27.1. The van der Waals surface area contributed by atoms with E-state index in [4.69, 9.17) is 68.1 Å². The van der Waals surface area contributed by atoms with Crippen molar-refractivity contribution in [1.29, 1.82) is 0 Å². The topological polar surface area (TPSA) is 311 Å². The van der Waals surface area contributed by atoms with Crippen LogP contribution in [0, 0.1) is 0 Å². The molecule has 0 bridgehead atoms. The van der Waals surface area contributed by atoms with E-state index in [1.54, 1.807) is 31.6 Å². The largest absolute Gasteiger partial charge is 0.479 e. The Balaban J connectivity index is 0.0000000984. The van der Waals surface area contributed by atoms with Gasteiger partial charge in [-0.3, -0.25) is 9.67 Å². The zero-order chi connectivity index (χ0) is 102. The van der Waals surface area contributed by atoms with Crippen molar-refractivity contribution in [3.8, 4) is 78.1 Å². The first-order chi connectivity index (χ1) is 72.4. The van der Waals surface area contributed by atoms with Crippen LogP contribution in [0.2, 0.25) is 0 Å². The minimum Gasteiger partial charge on any atom is -0.479 e. The van der Waals surface area contributed by atoms with E-state index in [2.05, 4.69) is 227 Å². The first kappa shape index (κ1) is 98.3. The van der Waals surface area contributed by atoms with Crippen molar-refractivity contribution in [2.24, 2.45) is 42.0 Å². The van der Waals surface area contributed by atoms with E-state index in [9.17, 15) is 0 Å². The Morgan fingerprint density at radius 3 is 0.906 bits per heavy atom. The summed E-state index contributed by atoms with van der Waals surface area (Å²) in [6.07, 6.45) is 49.9. The van der Waals surface area contributed by atoms with Crippen LogP contribution in [0.1, 0.15) is 186 Å². The molecule has 14 aromatic rings. The van der Waals surface area contributed by atoms with E-state index in [0.717, 1.165) is 222 Å². The lowest BCUT2D eigenvalue weighted by Crippen LogP contribution is -2.41. The van der Waals surface area contributed by atoms with Gasteiger partial charge in [0.25, 0.3) is 0 Å². The number of aliphatic imine (C=N–C) groups is 7. The minimum absolute atomic E-state index is 0.0256. The first-order valence-corrected chi connectivity index (χ1v) is 52.3. The SMILES string of the molecule is CC1=NC2(CCc3ccc(-c4ccccn4)cc3C2)CO1.CC1=NC2(CCc3ccc(-c4ccnn4C)cc3C2)CO1.CC1=NC2(Cc3cccc(-c4cncnc4)c3C2)C(C)O1.CC1=N[C@@]2(Cc3cccc(-c4cncnc4)c3C2)[C@@H](C)O1.CC1=N[C@]2(CCc3c(cccc3-c3cncnc3)C2)CO1.CC1=N[C@]2(CCc3c(cccc3-c3cncnc3)C2)[C@@H](C)O1.CC1=N[C@]2(CCc3c(cccc3-c3cncnc3)C2)[C@H](C)O1. The second kappa shape index (κ2) is 41.0. The molecule has 0 fully saturated rings. The number of hydrogen-bond donors (Lipinski definition) is 0. The molecule has 7 aromatic heterocycles. The molecule has 4 unspecified atom stereocenters. The average Bonchev–Trinajstić information content (AvgIpc) is 1.59. The van der Waals surface area contributed by atoms with Gasteiger partial charge in [0, 0.05) is 227 Å². The third kappa shape index (κ3) is 20.2. The Hall–Kier alpha value is -15.4. The number of benzene rings is 7. The van der Waals surface area contributed by atoms with Gasteiger partial charge >= 0.3 is 0 Å². The number of aromatic nitrogens is 13. The summed E-state index contributed by atoms with van der Waals surface area (Å²) >= 11 is 0. The third-order valence-electron chi connectivity index (χ3n) is 32.7. The quantitative estimate of drug-likeness (QED) is 0.143. The van der Waals surface area contributed by atoms with Crippen molar-refractivity contribution in [2.45, 2.75) is 261 Å². The molecule has 11 atom stereocenters. The molecule has 149 heavy (non-hydrogen) atoms. The van der Waals surface area contributed by atoms with E-state index < -0.39 is 0 Å². The molecule has 27 heteroatoms. The van der Waals surface area contributed by atoms with Gasteiger partial charge in [0.05, 0.1) is 11.4 Å². The maximum Gasteiger partial charge on any atom is 0.181 e. The van der Waals surface area contributed by atoms with Crippen molar-refractivity contribution in [3.63, 3.8) is 0 Å². The van der Waals surface area contributed by atoms with E-state index in [1.165, 1.54) is 117 Å². The number of hydrogen-bond acceptors (Lipinski definition) is 26. The normalized spacial score (nSPS) is 25.3. The highest BCUT2D eigenvalue weighted by molar-refractivity contribution is 5.82. The fourth-order valence-electron chi connectivity index (χ4n) is 25.1. The summed E-state index contributed by atoms with van der Waals surface area (Å²) in [6, 6.07) is 54.0. The lowest BCUT2D eigenvalue weighted by Gasteiger charge is -2.35. The van der Waals surface area contributed by atoms with Crippen LogP contribution in [-0.2, 0) is 130 Å². The van der Waals surface area contributed by atoms with E-state index >= 15 is 0 Å². The molecule has 14 aliphatic rings. The number of ether oxygens (including phenoxy) is 7. The van der Waals surface area contributed by atoms with Gasteiger partial charge in [0.15, 0.2) is 41.3 Å². The highest BCUT2D eigenvalue weighted by Gasteiger charge is 2.52. The predicted octanol–water partition coefficient (Wildman–Crippen LogP) is 21.1. The second-order valence-corrected chi connectivity index (χ2v) is 42.4. The monoisotopic (exact) mass is 1980 g/mol. The van der Waals surface area contributed by atoms with Crippen LogP contribution in [0.25, 0.3) is 78.1 Å². The van der Waals surface area contributed by atoms with Gasteiger partial charge in [0.2, 0.25) is 0 Å².